The van der Waals surface area contributed by atoms with Crippen molar-refractivity contribution in [3.8, 4) is 0 Å². The number of rotatable bonds is 4. The van der Waals surface area contributed by atoms with Crippen molar-refractivity contribution in [2.45, 2.75) is 26.3 Å². The second-order valence-corrected chi connectivity index (χ2v) is 5.10. The van der Waals surface area contributed by atoms with E-state index in [1.54, 1.807) is 12.1 Å². The maximum absolute atomic E-state index is 13.6. The third kappa shape index (κ3) is 3.11. The summed E-state index contributed by atoms with van der Waals surface area (Å²) in [5.41, 5.74) is 6.26. The van der Waals surface area contributed by atoms with Gasteiger partial charge in [-0.3, -0.25) is 0 Å². The molecule has 2 N–H and O–H groups in total. The van der Waals surface area contributed by atoms with E-state index < -0.39 is 0 Å². The van der Waals surface area contributed by atoms with E-state index in [0.29, 0.717) is 22.3 Å². The van der Waals surface area contributed by atoms with Crippen LogP contribution in [0.25, 0.3) is 0 Å². The highest BCUT2D eigenvalue weighted by atomic mass is 35.5. The number of hydrogen-bond donors (Lipinski definition) is 1. The monoisotopic (exact) mass is 283 g/mol. The van der Waals surface area contributed by atoms with Crippen LogP contribution in [0.15, 0.2) is 22.7 Å². The Labute approximate surface area is 115 Å². The zero-order chi connectivity index (χ0) is 14.0. The maximum Gasteiger partial charge on any atom is 0.243 e. The van der Waals surface area contributed by atoms with Gasteiger partial charge in [0.15, 0.2) is 5.82 Å². The summed E-state index contributed by atoms with van der Waals surface area (Å²) in [6, 6.07) is 4.21. The zero-order valence-corrected chi connectivity index (χ0v) is 11.5. The molecule has 0 bridgehead atoms. The lowest BCUT2D eigenvalue weighted by molar-refractivity contribution is 0.322. The van der Waals surface area contributed by atoms with Crippen molar-refractivity contribution in [1.29, 1.82) is 0 Å². The summed E-state index contributed by atoms with van der Waals surface area (Å²) in [4.78, 5) is 4.18. The molecular formula is C13H15ClFN3O. The lowest BCUT2D eigenvalue weighted by Crippen LogP contribution is -2.17. The van der Waals surface area contributed by atoms with E-state index in [1.165, 1.54) is 6.07 Å². The summed E-state index contributed by atoms with van der Waals surface area (Å²) < 4.78 is 18.7. The van der Waals surface area contributed by atoms with Crippen molar-refractivity contribution in [1.82, 2.24) is 10.1 Å². The average molecular weight is 284 g/mol. The van der Waals surface area contributed by atoms with E-state index in [2.05, 4.69) is 10.1 Å². The zero-order valence-electron chi connectivity index (χ0n) is 10.7. The van der Waals surface area contributed by atoms with Gasteiger partial charge >= 0.3 is 0 Å². The maximum atomic E-state index is 13.6. The molecule has 102 valence electrons. The molecule has 19 heavy (non-hydrogen) atoms. The summed E-state index contributed by atoms with van der Waals surface area (Å²) in [5.74, 6) is 0.535. The van der Waals surface area contributed by atoms with Crippen LogP contribution in [0.3, 0.4) is 0 Å². The molecule has 0 unspecified atom stereocenters. The van der Waals surface area contributed by atoms with Gasteiger partial charge in [0.05, 0.1) is 6.04 Å². The molecular weight excluding hydrogens is 269 g/mol. The second kappa shape index (κ2) is 5.67. The molecule has 0 aliphatic carbocycles. The van der Waals surface area contributed by atoms with Gasteiger partial charge in [-0.1, -0.05) is 36.7 Å². The van der Waals surface area contributed by atoms with Gasteiger partial charge in [-0.05, 0) is 18.1 Å². The van der Waals surface area contributed by atoms with Crippen LogP contribution in [0.2, 0.25) is 5.02 Å². The Kier molecular flexibility index (Phi) is 4.17. The third-order valence-electron chi connectivity index (χ3n) is 2.88. The largest absolute Gasteiger partial charge is 0.338 e. The first kappa shape index (κ1) is 14.0. The molecule has 1 aromatic carbocycles. The lowest BCUT2D eigenvalue weighted by atomic mass is 10.1. The Hall–Kier alpha value is -1.46. The van der Waals surface area contributed by atoms with Crippen LogP contribution in [0.4, 0.5) is 4.39 Å². The normalized spacial score (nSPS) is 12.9. The first-order chi connectivity index (χ1) is 8.99. The first-order valence-electron chi connectivity index (χ1n) is 6.00. The minimum atomic E-state index is -0.382. The first-order valence-corrected chi connectivity index (χ1v) is 6.37. The van der Waals surface area contributed by atoms with Crippen molar-refractivity contribution in [2.24, 2.45) is 11.7 Å². The molecule has 0 radical (unpaired) electrons. The van der Waals surface area contributed by atoms with E-state index >= 15 is 0 Å². The molecule has 4 nitrogen and oxygen atoms in total. The molecule has 0 amide bonds. The standard InChI is InChI=1S/C13H15ClFN3O/c1-7(2)12(16)13-17-11(18-19-13)6-8-9(14)4-3-5-10(8)15/h3-5,7,12H,6,16H2,1-2H3/t12-/m0/s1. The Balaban J connectivity index is 2.21. The fourth-order valence-corrected chi connectivity index (χ4v) is 1.85. The van der Waals surface area contributed by atoms with Crippen LogP contribution in [-0.2, 0) is 6.42 Å². The Bertz CT molecular complexity index is 551. The summed E-state index contributed by atoms with van der Waals surface area (Å²) in [6.07, 6.45) is 0.180. The molecule has 2 aromatic rings. The third-order valence-corrected chi connectivity index (χ3v) is 3.24. The fourth-order valence-electron chi connectivity index (χ4n) is 1.62. The van der Waals surface area contributed by atoms with Crippen molar-refractivity contribution >= 4 is 11.6 Å². The van der Waals surface area contributed by atoms with E-state index in [1.807, 2.05) is 13.8 Å². The predicted molar refractivity (Wildman–Crippen MR) is 70.3 cm³/mol. The molecule has 2 rings (SSSR count). The minimum absolute atomic E-state index is 0.180. The van der Waals surface area contributed by atoms with Crippen LogP contribution >= 0.6 is 11.6 Å². The molecule has 1 aromatic heterocycles. The number of nitrogens with zero attached hydrogens (tertiary/aromatic N) is 2. The predicted octanol–water partition coefficient (Wildman–Crippen LogP) is 3.11. The lowest BCUT2D eigenvalue weighted by Gasteiger charge is -2.09. The number of halogens is 2. The number of nitrogens with two attached hydrogens (primary N) is 1. The summed E-state index contributed by atoms with van der Waals surface area (Å²) in [7, 11) is 0. The molecule has 0 saturated heterocycles. The molecule has 0 spiro atoms. The average Bonchev–Trinajstić information content (AvgIpc) is 2.81. The van der Waals surface area contributed by atoms with Crippen LogP contribution < -0.4 is 5.73 Å². The summed E-state index contributed by atoms with van der Waals surface area (Å²) in [6.45, 7) is 3.92. The molecule has 0 saturated carbocycles. The molecule has 6 heteroatoms. The van der Waals surface area contributed by atoms with Crippen molar-refractivity contribution in [2.75, 3.05) is 0 Å². The highest BCUT2D eigenvalue weighted by Crippen LogP contribution is 2.22. The highest BCUT2D eigenvalue weighted by Gasteiger charge is 2.19. The van der Waals surface area contributed by atoms with Gasteiger partial charge in [0, 0.05) is 17.0 Å². The van der Waals surface area contributed by atoms with Gasteiger partial charge in [0.25, 0.3) is 0 Å². The van der Waals surface area contributed by atoms with Crippen molar-refractivity contribution in [3.63, 3.8) is 0 Å². The van der Waals surface area contributed by atoms with Crippen LogP contribution in [0.5, 0.6) is 0 Å². The number of benzene rings is 1. The second-order valence-electron chi connectivity index (χ2n) is 4.70. The van der Waals surface area contributed by atoms with E-state index in [9.17, 15) is 4.39 Å². The van der Waals surface area contributed by atoms with Gasteiger partial charge in [0.1, 0.15) is 5.82 Å². The molecule has 0 aliphatic rings. The number of hydrogen-bond acceptors (Lipinski definition) is 4. The minimum Gasteiger partial charge on any atom is -0.338 e. The van der Waals surface area contributed by atoms with Crippen molar-refractivity contribution < 1.29 is 8.91 Å². The number of aromatic nitrogens is 2. The SMILES string of the molecule is CC(C)[C@H](N)c1nc(Cc2c(F)cccc2Cl)no1. The smallest absolute Gasteiger partial charge is 0.243 e. The summed E-state index contributed by atoms with van der Waals surface area (Å²) >= 11 is 5.95. The molecule has 0 aliphatic heterocycles. The van der Waals surface area contributed by atoms with Gasteiger partial charge in [0.2, 0.25) is 5.89 Å². The Morgan fingerprint density at radius 3 is 2.79 bits per heavy atom. The Morgan fingerprint density at radius 1 is 1.42 bits per heavy atom. The molecule has 1 atom stereocenters. The van der Waals surface area contributed by atoms with Gasteiger partial charge in [-0.25, -0.2) is 4.39 Å². The van der Waals surface area contributed by atoms with Crippen LogP contribution in [0.1, 0.15) is 37.2 Å². The van der Waals surface area contributed by atoms with Gasteiger partial charge < -0.3 is 10.3 Å². The van der Waals surface area contributed by atoms with Crippen molar-refractivity contribution in [3.05, 3.63) is 46.3 Å². The van der Waals surface area contributed by atoms with Gasteiger partial charge in [-0.15, -0.1) is 0 Å². The fraction of sp³-hybridized carbons (Fsp3) is 0.385. The van der Waals surface area contributed by atoms with Crippen LogP contribution in [0, 0.1) is 11.7 Å². The van der Waals surface area contributed by atoms with E-state index in [4.69, 9.17) is 21.9 Å². The Morgan fingerprint density at radius 2 is 2.16 bits per heavy atom. The topological polar surface area (TPSA) is 64.9 Å². The highest BCUT2D eigenvalue weighted by molar-refractivity contribution is 6.31. The molecule has 1 heterocycles. The van der Waals surface area contributed by atoms with Gasteiger partial charge in [-0.2, -0.15) is 4.98 Å². The van der Waals surface area contributed by atoms with Crippen LogP contribution in [-0.4, -0.2) is 10.1 Å². The molecule has 0 fully saturated rings. The summed E-state index contributed by atoms with van der Waals surface area (Å²) in [5, 5.41) is 4.15. The van der Waals surface area contributed by atoms with E-state index in [0.717, 1.165) is 0 Å². The van der Waals surface area contributed by atoms with E-state index in [-0.39, 0.29) is 24.2 Å². The quantitative estimate of drug-likeness (QED) is 0.936.